The summed E-state index contributed by atoms with van der Waals surface area (Å²) in [6.45, 7) is 2.58. The Morgan fingerprint density at radius 1 is 1.03 bits per heavy atom. The first-order valence-corrected chi connectivity index (χ1v) is 11.2. The second-order valence-corrected chi connectivity index (χ2v) is 7.96. The van der Waals surface area contributed by atoms with Gasteiger partial charge in [-0.1, -0.05) is 36.4 Å². The summed E-state index contributed by atoms with van der Waals surface area (Å²) >= 11 is 0. The lowest BCUT2D eigenvalue weighted by atomic mass is 10.1. The van der Waals surface area contributed by atoms with Crippen LogP contribution in [0.5, 0.6) is 5.75 Å². The maximum atomic E-state index is 13.8. The number of halogens is 1. The lowest BCUT2D eigenvalue weighted by Crippen LogP contribution is -2.46. The number of nitrogens with zero attached hydrogens (tertiary/aromatic N) is 2. The standard InChI is InChI=1S/C27H25FN2O4/c1-2-34-23-13-11-22(12-14-23)30-25(31)18-24(27(30)33)29(16-15-19-7-4-3-5-8-19)26(32)20-9-6-10-21(28)17-20/h3-14,17,24H,2,15-16,18H2,1H3. The van der Waals surface area contributed by atoms with Gasteiger partial charge in [0.1, 0.15) is 17.6 Å². The van der Waals surface area contributed by atoms with Crippen LogP contribution in [0.1, 0.15) is 29.3 Å². The molecule has 0 bridgehead atoms. The Morgan fingerprint density at radius 3 is 2.44 bits per heavy atom. The maximum absolute atomic E-state index is 13.8. The normalized spacial score (nSPS) is 15.5. The molecule has 0 spiro atoms. The Balaban J connectivity index is 1.61. The number of hydrogen-bond donors (Lipinski definition) is 0. The number of rotatable bonds is 8. The minimum atomic E-state index is -0.974. The molecule has 0 aliphatic carbocycles. The molecular weight excluding hydrogens is 435 g/mol. The molecule has 3 amide bonds. The van der Waals surface area contributed by atoms with Gasteiger partial charge in [0.2, 0.25) is 5.91 Å². The van der Waals surface area contributed by atoms with Crippen LogP contribution in [-0.2, 0) is 16.0 Å². The van der Waals surface area contributed by atoms with Crippen LogP contribution < -0.4 is 9.64 Å². The maximum Gasteiger partial charge on any atom is 0.257 e. The first-order chi connectivity index (χ1) is 16.5. The van der Waals surface area contributed by atoms with Crippen LogP contribution in [0.3, 0.4) is 0 Å². The third kappa shape index (κ3) is 4.98. The van der Waals surface area contributed by atoms with E-state index in [-0.39, 0.29) is 18.5 Å². The molecule has 0 saturated carbocycles. The molecule has 1 heterocycles. The fourth-order valence-electron chi connectivity index (χ4n) is 4.07. The number of anilines is 1. The third-order valence-corrected chi connectivity index (χ3v) is 5.72. The van der Waals surface area contributed by atoms with Gasteiger partial charge >= 0.3 is 0 Å². The van der Waals surface area contributed by atoms with Crippen molar-refractivity contribution in [2.45, 2.75) is 25.8 Å². The zero-order chi connectivity index (χ0) is 24.1. The minimum Gasteiger partial charge on any atom is -0.494 e. The lowest BCUT2D eigenvalue weighted by molar-refractivity contribution is -0.122. The summed E-state index contributed by atoms with van der Waals surface area (Å²) in [6, 6.07) is 20.6. The summed E-state index contributed by atoms with van der Waals surface area (Å²) < 4.78 is 19.2. The van der Waals surface area contributed by atoms with Gasteiger partial charge in [-0.2, -0.15) is 0 Å². The molecule has 6 nitrogen and oxygen atoms in total. The molecule has 4 rings (SSSR count). The van der Waals surface area contributed by atoms with Gasteiger partial charge in [0.15, 0.2) is 0 Å². The van der Waals surface area contributed by atoms with E-state index in [0.717, 1.165) is 16.5 Å². The van der Waals surface area contributed by atoms with Gasteiger partial charge in [-0.15, -0.1) is 0 Å². The van der Waals surface area contributed by atoms with Crippen LogP contribution >= 0.6 is 0 Å². The van der Waals surface area contributed by atoms with Crippen molar-refractivity contribution in [1.82, 2.24) is 4.90 Å². The highest BCUT2D eigenvalue weighted by atomic mass is 19.1. The number of amides is 3. The van der Waals surface area contributed by atoms with E-state index >= 15 is 0 Å². The lowest BCUT2D eigenvalue weighted by Gasteiger charge is -2.28. The Kier molecular flexibility index (Phi) is 7.01. The van der Waals surface area contributed by atoms with Gasteiger partial charge in [-0.05, 0) is 61.4 Å². The van der Waals surface area contributed by atoms with E-state index in [1.165, 1.54) is 23.1 Å². The van der Waals surface area contributed by atoms with Crippen LogP contribution in [0.2, 0.25) is 0 Å². The van der Waals surface area contributed by atoms with Crippen molar-refractivity contribution in [3.63, 3.8) is 0 Å². The number of benzene rings is 3. The number of imide groups is 1. The molecule has 0 radical (unpaired) electrons. The minimum absolute atomic E-state index is 0.132. The molecule has 1 aliphatic heterocycles. The average Bonchev–Trinajstić information content (AvgIpc) is 3.14. The fraction of sp³-hybridized carbons (Fsp3) is 0.222. The first-order valence-electron chi connectivity index (χ1n) is 11.2. The summed E-state index contributed by atoms with van der Waals surface area (Å²) in [5, 5.41) is 0. The van der Waals surface area contributed by atoms with Crippen LogP contribution in [0.25, 0.3) is 0 Å². The molecule has 1 fully saturated rings. The van der Waals surface area contributed by atoms with Crippen molar-refractivity contribution >= 4 is 23.4 Å². The summed E-state index contributed by atoms with van der Waals surface area (Å²) in [7, 11) is 0. The number of hydrogen-bond acceptors (Lipinski definition) is 4. The Labute approximate surface area is 197 Å². The SMILES string of the molecule is CCOc1ccc(N2C(=O)CC(N(CCc3ccccc3)C(=O)c3cccc(F)c3)C2=O)cc1. The van der Waals surface area contributed by atoms with Crippen molar-refractivity contribution < 1.29 is 23.5 Å². The number of ether oxygens (including phenoxy) is 1. The van der Waals surface area contributed by atoms with E-state index in [0.29, 0.717) is 24.5 Å². The quantitative estimate of drug-likeness (QED) is 0.472. The highest BCUT2D eigenvalue weighted by Crippen LogP contribution is 2.28. The molecule has 1 atom stereocenters. The Morgan fingerprint density at radius 2 is 1.76 bits per heavy atom. The molecule has 3 aromatic rings. The van der Waals surface area contributed by atoms with Crippen molar-refractivity contribution in [3.05, 3.63) is 95.8 Å². The highest BCUT2D eigenvalue weighted by molar-refractivity contribution is 6.23. The summed E-state index contributed by atoms with van der Waals surface area (Å²) in [4.78, 5) is 42.1. The van der Waals surface area contributed by atoms with Gasteiger partial charge in [0.05, 0.1) is 18.7 Å². The molecule has 3 aromatic carbocycles. The summed E-state index contributed by atoms with van der Waals surface area (Å²) in [5.74, 6) is -1.27. The Hall–Kier alpha value is -4.00. The number of carbonyl (C=O) groups is 3. The predicted molar refractivity (Wildman–Crippen MR) is 126 cm³/mol. The highest BCUT2D eigenvalue weighted by Gasteiger charge is 2.44. The second-order valence-electron chi connectivity index (χ2n) is 7.96. The van der Waals surface area contributed by atoms with E-state index in [9.17, 15) is 18.8 Å². The summed E-state index contributed by atoms with van der Waals surface area (Å²) in [5.41, 5.74) is 1.54. The predicted octanol–water partition coefficient (Wildman–Crippen LogP) is 4.24. The van der Waals surface area contributed by atoms with E-state index in [4.69, 9.17) is 4.74 Å². The summed E-state index contributed by atoms with van der Waals surface area (Å²) in [6.07, 6.45) is 0.352. The molecule has 34 heavy (non-hydrogen) atoms. The third-order valence-electron chi connectivity index (χ3n) is 5.72. The van der Waals surface area contributed by atoms with E-state index in [1.54, 1.807) is 24.3 Å². The number of carbonyl (C=O) groups excluding carboxylic acids is 3. The van der Waals surface area contributed by atoms with Gasteiger partial charge in [0.25, 0.3) is 11.8 Å². The van der Waals surface area contributed by atoms with Gasteiger partial charge in [-0.25, -0.2) is 9.29 Å². The van der Waals surface area contributed by atoms with E-state index in [2.05, 4.69) is 0 Å². The van der Waals surface area contributed by atoms with Crippen LogP contribution in [0.4, 0.5) is 10.1 Å². The van der Waals surface area contributed by atoms with Gasteiger partial charge < -0.3 is 9.64 Å². The van der Waals surface area contributed by atoms with Crippen molar-refractivity contribution in [2.75, 3.05) is 18.1 Å². The van der Waals surface area contributed by atoms with Crippen LogP contribution in [-0.4, -0.2) is 41.8 Å². The van der Waals surface area contributed by atoms with Crippen LogP contribution in [0.15, 0.2) is 78.9 Å². The molecular formula is C27H25FN2O4. The molecule has 0 N–H and O–H groups in total. The Bertz CT molecular complexity index is 1180. The molecule has 7 heteroatoms. The van der Waals surface area contributed by atoms with Gasteiger partial charge in [-0.3, -0.25) is 14.4 Å². The topological polar surface area (TPSA) is 66.9 Å². The molecule has 0 aromatic heterocycles. The van der Waals surface area contributed by atoms with Crippen molar-refractivity contribution in [3.8, 4) is 5.75 Å². The average molecular weight is 461 g/mol. The van der Waals surface area contributed by atoms with E-state index < -0.39 is 29.6 Å². The van der Waals surface area contributed by atoms with Crippen molar-refractivity contribution in [2.24, 2.45) is 0 Å². The van der Waals surface area contributed by atoms with Gasteiger partial charge in [0, 0.05) is 12.1 Å². The zero-order valence-electron chi connectivity index (χ0n) is 18.8. The van der Waals surface area contributed by atoms with E-state index in [1.807, 2.05) is 37.3 Å². The van der Waals surface area contributed by atoms with Crippen molar-refractivity contribution in [1.29, 1.82) is 0 Å². The molecule has 1 aliphatic rings. The first kappa shape index (κ1) is 23.2. The zero-order valence-corrected chi connectivity index (χ0v) is 18.8. The molecule has 1 unspecified atom stereocenters. The van der Waals surface area contributed by atoms with Crippen LogP contribution in [0, 0.1) is 5.82 Å². The monoisotopic (exact) mass is 460 g/mol. The largest absolute Gasteiger partial charge is 0.494 e. The molecule has 174 valence electrons. The molecule has 1 saturated heterocycles. The fourth-order valence-corrected chi connectivity index (χ4v) is 4.07. The smallest absolute Gasteiger partial charge is 0.257 e. The second kappa shape index (κ2) is 10.3.